The van der Waals surface area contributed by atoms with Gasteiger partial charge in [0, 0.05) is 19.3 Å². The second-order valence-corrected chi connectivity index (χ2v) is 5.95. The van der Waals surface area contributed by atoms with E-state index in [1.807, 2.05) is 13.8 Å². The summed E-state index contributed by atoms with van der Waals surface area (Å²) < 4.78 is 0. The third-order valence-corrected chi connectivity index (χ3v) is 3.61. The first kappa shape index (κ1) is 15.5. The number of aromatic nitrogens is 2. The van der Waals surface area contributed by atoms with Crippen molar-refractivity contribution in [3.05, 3.63) is 12.3 Å². The third-order valence-electron chi connectivity index (χ3n) is 3.61. The van der Waals surface area contributed by atoms with Gasteiger partial charge in [0.05, 0.1) is 0 Å². The summed E-state index contributed by atoms with van der Waals surface area (Å²) >= 11 is 0. The van der Waals surface area contributed by atoms with Crippen molar-refractivity contribution >= 4 is 17.7 Å². The van der Waals surface area contributed by atoms with E-state index < -0.39 is 12.0 Å². The Bertz CT molecular complexity index is 472. The molecular formula is C15H24N4O2. The van der Waals surface area contributed by atoms with E-state index in [0.717, 1.165) is 25.9 Å². The van der Waals surface area contributed by atoms with Crippen molar-refractivity contribution in [2.24, 2.45) is 5.92 Å². The molecule has 1 aliphatic heterocycles. The summed E-state index contributed by atoms with van der Waals surface area (Å²) in [5.41, 5.74) is 0. The van der Waals surface area contributed by atoms with Crippen LogP contribution in [-0.2, 0) is 4.79 Å². The van der Waals surface area contributed by atoms with Crippen molar-refractivity contribution in [3.8, 4) is 0 Å². The Morgan fingerprint density at radius 1 is 1.38 bits per heavy atom. The Kier molecular flexibility index (Phi) is 5.36. The van der Waals surface area contributed by atoms with Crippen LogP contribution < -0.4 is 10.2 Å². The Hall–Kier alpha value is -1.85. The second kappa shape index (κ2) is 7.24. The molecule has 1 fully saturated rings. The predicted molar refractivity (Wildman–Crippen MR) is 82.6 cm³/mol. The van der Waals surface area contributed by atoms with Gasteiger partial charge in [-0.25, -0.2) is 9.78 Å². The number of hydrogen-bond donors (Lipinski definition) is 2. The molecule has 1 saturated heterocycles. The van der Waals surface area contributed by atoms with Gasteiger partial charge in [-0.1, -0.05) is 13.8 Å². The molecular weight excluding hydrogens is 268 g/mol. The summed E-state index contributed by atoms with van der Waals surface area (Å²) in [6.07, 6.45) is 5.83. The van der Waals surface area contributed by atoms with Gasteiger partial charge in [-0.3, -0.25) is 0 Å². The fourth-order valence-corrected chi connectivity index (χ4v) is 2.55. The zero-order valence-corrected chi connectivity index (χ0v) is 12.7. The van der Waals surface area contributed by atoms with Gasteiger partial charge in [0.25, 0.3) is 0 Å². The van der Waals surface area contributed by atoms with Crippen LogP contribution in [0.4, 0.5) is 11.8 Å². The smallest absolute Gasteiger partial charge is 0.326 e. The number of hydrogen-bond acceptors (Lipinski definition) is 5. The summed E-state index contributed by atoms with van der Waals surface area (Å²) in [5.74, 6) is 0.732. The lowest BCUT2D eigenvalue weighted by Gasteiger charge is -2.27. The molecule has 2 N–H and O–H groups in total. The number of carboxylic acid groups (broad SMARTS) is 1. The lowest BCUT2D eigenvalue weighted by Crippen LogP contribution is -2.33. The predicted octanol–water partition coefficient (Wildman–Crippen LogP) is 2.38. The van der Waals surface area contributed by atoms with Gasteiger partial charge < -0.3 is 15.3 Å². The quantitative estimate of drug-likeness (QED) is 0.838. The molecule has 1 aromatic heterocycles. The first-order chi connectivity index (χ1) is 10.1. The van der Waals surface area contributed by atoms with Crippen molar-refractivity contribution in [1.29, 1.82) is 0 Å². The van der Waals surface area contributed by atoms with Crippen molar-refractivity contribution in [2.45, 2.75) is 45.6 Å². The van der Waals surface area contributed by atoms with E-state index in [4.69, 9.17) is 0 Å². The summed E-state index contributed by atoms with van der Waals surface area (Å²) in [7, 11) is 0. The monoisotopic (exact) mass is 292 g/mol. The maximum absolute atomic E-state index is 11.3. The second-order valence-electron chi connectivity index (χ2n) is 5.95. The molecule has 1 aliphatic rings. The Labute approximate surface area is 125 Å². The molecule has 0 saturated carbocycles. The van der Waals surface area contributed by atoms with E-state index in [1.165, 1.54) is 6.42 Å². The zero-order chi connectivity index (χ0) is 15.2. The number of piperidine rings is 1. The largest absolute Gasteiger partial charge is 0.480 e. The van der Waals surface area contributed by atoms with Crippen LogP contribution in [0.5, 0.6) is 0 Å². The number of carbonyl (C=O) groups is 1. The third kappa shape index (κ3) is 4.58. The normalized spacial score (nSPS) is 16.8. The highest BCUT2D eigenvalue weighted by atomic mass is 16.4. The summed E-state index contributed by atoms with van der Waals surface area (Å²) in [4.78, 5) is 22.2. The van der Waals surface area contributed by atoms with Crippen LogP contribution in [0, 0.1) is 5.92 Å². The molecule has 2 rings (SSSR count). The molecule has 0 spiro atoms. The van der Waals surface area contributed by atoms with Crippen LogP contribution in [-0.4, -0.2) is 40.2 Å². The number of aliphatic carboxylic acids is 1. The van der Waals surface area contributed by atoms with E-state index >= 15 is 0 Å². The van der Waals surface area contributed by atoms with E-state index in [1.54, 1.807) is 12.3 Å². The van der Waals surface area contributed by atoms with Crippen LogP contribution in [0.15, 0.2) is 12.3 Å². The van der Waals surface area contributed by atoms with Gasteiger partial charge in [-0.15, -0.1) is 0 Å². The molecule has 21 heavy (non-hydrogen) atoms. The van der Waals surface area contributed by atoms with Crippen molar-refractivity contribution in [2.75, 3.05) is 23.3 Å². The standard InChI is InChI=1S/C15H24N4O2/c1-11(2)10-12(14(20)21)17-13-6-7-16-15(18-13)19-8-4-3-5-9-19/h6-7,11-12H,3-5,8-10H2,1-2H3,(H,20,21)(H,16,17,18). The van der Waals surface area contributed by atoms with E-state index in [-0.39, 0.29) is 0 Å². The fraction of sp³-hybridized carbons (Fsp3) is 0.667. The molecule has 0 radical (unpaired) electrons. The van der Waals surface area contributed by atoms with Crippen LogP contribution in [0.1, 0.15) is 39.5 Å². The average Bonchev–Trinajstić information content (AvgIpc) is 2.47. The van der Waals surface area contributed by atoms with Crippen LogP contribution in [0.25, 0.3) is 0 Å². The fourth-order valence-electron chi connectivity index (χ4n) is 2.55. The Morgan fingerprint density at radius 3 is 2.71 bits per heavy atom. The Morgan fingerprint density at radius 2 is 2.10 bits per heavy atom. The van der Waals surface area contributed by atoms with Crippen LogP contribution >= 0.6 is 0 Å². The number of nitrogens with zero attached hydrogens (tertiary/aromatic N) is 3. The van der Waals surface area contributed by atoms with Gasteiger partial charge >= 0.3 is 5.97 Å². The maximum Gasteiger partial charge on any atom is 0.326 e. The average molecular weight is 292 g/mol. The van der Waals surface area contributed by atoms with Gasteiger partial charge in [-0.05, 0) is 37.7 Å². The first-order valence-corrected chi connectivity index (χ1v) is 7.63. The molecule has 2 heterocycles. The number of nitrogens with one attached hydrogen (secondary N) is 1. The van der Waals surface area contributed by atoms with E-state index in [9.17, 15) is 9.90 Å². The Balaban J connectivity index is 2.07. The number of anilines is 2. The van der Waals surface area contributed by atoms with Crippen LogP contribution in [0.2, 0.25) is 0 Å². The molecule has 1 aromatic rings. The van der Waals surface area contributed by atoms with Crippen molar-refractivity contribution in [1.82, 2.24) is 9.97 Å². The summed E-state index contributed by atoms with van der Waals surface area (Å²) in [6.45, 7) is 5.96. The highest BCUT2D eigenvalue weighted by Crippen LogP contribution is 2.18. The first-order valence-electron chi connectivity index (χ1n) is 7.63. The minimum absolute atomic E-state index is 0.307. The zero-order valence-electron chi connectivity index (χ0n) is 12.7. The van der Waals surface area contributed by atoms with Gasteiger partial charge in [0.2, 0.25) is 5.95 Å². The van der Waals surface area contributed by atoms with Gasteiger partial charge in [0.15, 0.2) is 0 Å². The molecule has 0 amide bonds. The molecule has 0 bridgehead atoms. The number of rotatable bonds is 6. The topological polar surface area (TPSA) is 78.4 Å². The molecule has 1 unspecified atom stereocenters. The van der Waals surface area contributed by atoms with Crippen molar-refractivity contribution in [3.63, 3.8) is 0 Å². The maximum atomic E-state index is 11.3. The molecule has 6 nitrogen and oxygen atoms in total. The lowest BCUT2D eigenvalue weighted by atomic mass is 10.0. The van der Waals surface area contributed by atoms with Crippen LogP contribution in [0.3, 0.4) is 0 Å². The molecule has 6 heteroatoms. The number of carboxylic acids is 1. The summed E-state index contributed by atoms with van der Waals surface area (Å²) in [5, 5.41) is 12.3. The van der Waals surface area contributed by atoms with Crippen molar-refractivity contribution < 1.29 is 9.90 Å². The molecule has 0 aromatic carbocycles. The summed E-state index contributed by atoms with van der Waals surface area (Å²) in [6, 6.07) is 1.11. The molecule has 116 valence electrons. The molecule has 0 aliphatic carbocycles. The molecule has 1 atom stereocenters. The highest BCUT2D eigenvalue weighted by Gasteiger charge is 2.20. The van der Waals surface area contributed by atoms with Gasteiger partial charge in [0.1, 0.15) is 11.9 Å². The SMILES string of the molecule is CC(C)CC(Nc1ccnc(N2CCCCC2)n1)C(=O)O. The minimum Gasteiger partial charge on any atom is -0.480 e. The van der Waals surface area contributed by atoms with E-state index in [2.05, 4.69) is 20.2 Å². The lowest BCUT2D eigenvalue weighted by molar-refractivity contribution is -0.138. The van der Waals surface area contributed by atoms with Gasteiger partial charge in [-0.2, -0.15) is 4.98 Å². The van der Waals surface area contributed by atoms with E-state index in [0.29, 0.717) is 24.1 Å². The minimum atomic E-state index is -0.846. The highest BCUT2D eigenvalue weighted by molar-refractivity contribution is 5.76.